The summed E-state index contributed by atoms with van der Waals surface area (Å²) < 4.78 is 0. The molecular weight excluding hydrogens is 244 g/mol. The molecule has 1 saturated heterocycles. The number of hydrogen-bond acceptors (Lipinski definition) is 3. The molecule has 0 spiro atoms. The van der Waals surface area contributed by atoms with Gasteiger partial charge in [0, 0.05) is 32.7 Å². The van der Waals surface area contributed by atoms with E-state index in [2.05, 4.69) is 11.0 Å². The van der Waals surface area contributed by atoms with Gasteiger partial charge in [-0.05, 0) is 29.9 Å². The van der Waals surface area contributed by atoms with Gasteiger partial charge in [-0.1, -0.05) is 12.1 Å². The first-order valence-corrected chi connectivity index (χ1v) is 6.35. The number of nitrogens with zero attached hydrogens (tertiary/aromatic N) is 3. The molecule has 0 aromatic heterocycles. The number of hydrogen-bond donors (Lipinski definition) is 1. The minimum absolute atomic E-state index is 0.494. The number of nitrogens with two attached hydrogens (primary N) is 1. The molecule has 94 valence electrons. The molecule has 1 fully saturated rings. The molecule has 0 saturated carbocycles. The Kier molecular flexibility index (Phi) is 4.13. The Hall–Kier alpha value is -1.64. The second kappa shape index (κ2) is 5.80. The predicted molar refractivity (Wildman–Crippen MR) is 74.8 cm³/mol. The number of benzene rings is 1. The summed E-state index contributed by atoms with van der Waals surface area (Å²) in [5.41, 5.74) is 7.55. The van der Waals surface area contributed by atoms with Crippen LogP contribution in [0.2, 0.25) is 0 Å². The van der Waals surface area contributed by atoms with Crippen molar-refractivity contribution in [3.05, 3.63) is 35.4 Å². The Morgan fingerprint density at radius 1 is 1.22 bits per heavy atom. The summed E-state index contributed by atoms with van der Waals surface area (Å²) in [7, 11) is 0. The Balaban J connectivity index is 1.87. The lowest BCUT2D eigenvalue weighted by Gasteiger charge is -2.35. The maximum Gasteiger partial charge on any atom is 0.166 e. The standard InChI is InChI=1S/C13H16N4S/c14-9-11-1-3-12(4-2-11)10-16-5-7-17(8-6-16)13(15)18/h1-4H,5-8,10H2,(H2,15,18). The van der Waals surface area contributed by atoms with E-state index < -0.39 is 0 Å². The van der Waals surface area contributed by atoms with E-state index in [-0.39, 0.29) is 0 Å². The maximum atomic E-state index is 8.74. The number of thiocarbonyl (C=S) groups is 1. The topological polar surface area (TPSA) is 56.3 Å². The zero-order valence-electron chi connectivity index (χ0n) is 10.2. The molecule has 1 aliphatic rings. The molecule has 18 heavy (non-hydrogen) atoms. The van der Waals surface area contributed by atoms with Crippen molar-refractivity contribution in [1.29, 1.82) is 5.26 Å². The van der Waals surface area contributed by atoms with Crippen molar-refractivity contribution >= 4 is 17.3 Å². The van der Waals surface area contributed by atoms with E-state index in [1.165, 1.54) is 5.56 Å². The largest absolute Gasteiger partial charge is 0.376 e. The summed E-state index contributed by atoms with van der Waals surface area (Å²) in [5.74, 6) is 0. The highest BCUT2D eigenvalue weighted by atomic mass is 32.1. The smallest absolute Gasteiger partial charge is 0.166 e. The van der Waals surface area contributed by atoms with Crippen LogP contribution in [0.25, 0.3) is 0 Å². The summed E-state index contributed by atoms with van der Waals surface area (Å²) in [6, 6.07) is 9.88. The van der Waals surface area contributed by atoms with Gasteiger partial charge in [-0.25, -0.2) is 0 Å². The van der Waals surface area contributed by atoms with Gasteiger partial charge in [0.25, 0.3) is 0 Å². The first-order valence-electron chi connectivity index (χ1n) is 5.95. The summed E-state index contributed by atoms with van der Waals surface area (Å²) in [6.45, 7) is 4.64. The molecule has 0 radical (unpaired) electrons. The Bertz CT molecular complexity index is 455. The highest BCUT2D eigenvalue weighted by molar-refractivity contribution is 7.80. The molecule has 5 heteroatoms. The SMILES string of the molecule is N#Cc1ccc(CN2CCN(C(N)=S)CC2)cc1. The molecular formula is C13H16N4S. The molecule has 2 rings (SSSR count). The quantitative estimate of drug-likeness (QED) is 0.801. The lowest BCUT2D eigenvalue weighted by atomic mass is 10.1. The molecule has 1 aromatic rings. The molecule has 1 aromatic carbocycles. The van der Waals surface area contributed by atoms with Crippen LogP contribution in [-0.2, 0) is 6.54 Å². The van der Waals surface area contributed by atoms with E-state index in [1.807, 2.05) is 29.2 Å². The van der Waals surface area contributed by atoms with Crippen LogP contribution in [0.15, 0.2) is 24.3 Å². The fourth-order valence-electron chi connectivity index (χ4n) is 2.07. The first kappa shape index (κ1) is 12.8. The second-order valence-corrected chi connectivity index (χ2v) is 4.83. The third-order valence-corrected chi connectivity index (χ3v) is 3.43. The monoisotopic (exact) mass is 260 g/mol. The van der Waals surface area contributed by atoms with Gasteiger partial charge in [0.15, 0.2) is 5.11 Å². The molecule has 0 amide bonds. The Labute approximate surface area is 113 Å². The third kappa shape index (κ3) is 3.19. The predicted octanol–water partition coefficient (Wildman–Crippen LogP) is 0.919. The van der Waals surface area contributed by atoms with Crippen LogP contribution in [0.3, 0.4) is 0 Å². The summed E-state index contributed by atoms with van der Waals surface area (Å²) >= 11 is 4.97. The second-order valence-electron chi connectivity index (χ2n) is 4.41. The van der Waals surface area contributed by atoms with Gasteiger partial charge in [0.2, 0.25) is 0 Å². The van der Waals surface area contributed by atoms with Crippen molar-refractivity contribution in [3.8, 4) is 6.07 Å². The van der Waals surface area contributed by atoms with E-state index in [1.54, 1.807) is 0 Å². The average Bonchev–Trinajstić information content (AvgIpc) is 2.40. The lowest BCUT2D eigenvalue weighted by Crippen LogP contribution is -2.49. The maximum absolute atomic E-state index is 8.74. The van der Waals surface area contributed by atoms with Crippen LogP contribution < -0.4 is 5.73 Å². The van der Waals surface area contributed by atoms with Gasteiger partial charge in [0.05, 0.1) is 11.6 Å². The van der Waals surface area contributed by atoms with Gasteiger partial charge < -0.3 is 10.6 Å². The van der Waals surface area contributed by atoms with Gasteiger partial charge in [-0.2, -0.15) is 5.26 Å². The Morgan fingerprint density at radius 3 is 2.33 bits per heavy atom. The van der Waals surface area contributed by atoms with Crippen LogP contribution >= 0.6 is 12.2 Å². The van der Waals surface area contributed by atoms with Crippen molar-refractivity contribution < 1.29 is 0 Å². The minimum Gasteiger partial charge on any atom is -0.376 e. The third-order valence-electron chi connectivity index (χ3n) is 3.17. The molecule has 0 atom stereocenters. The zero-order chi connectivity index (χ0) is 13.0. The van der Waals surface area contributed by atoms with E-state index in [0.29, 0.717) is 10.7 Å². The van der Waals surface area contributed by atoms with E-state index in [9.17, 15) is 0 Å². The highest BCUT2D eigenvalue weighted by Crippen LogP contribution is 2.09. The summed E-state index contributed by atoms with van der Waals surface area (Å²) in [4.78, 5) is 4.40. The van der Waals surface area contributed by atoms with E-state index >= 15 is 0 Å². The van der Waals surface area contributed by atoms with Gasteiger partial charge in [-0.3, -0.25) is 4.90 Å². The molecule has 2 N–H and O–H groups in total. The Morgan fingerprint density at radius 2 is 1.83 bits per heavy atom. The van der Waals surface area contributed by atoms with Crippen molar-refractivity contribution in [1.82, 2.24) is 9.80 Å². The number of piperazine rings is 1. The minimum atomic E-state index is 0.494. The fourth-order valence-corrected chi connectivity index (χ4v) is 2.25. The molecule has 0 aliphatic carbocycles. The summed E-state index contributed by atoms with van der Waals surface area (Å²) in [6.07, 6.45) is 0. The number of rotatable bonds is 2. The van der Waals surface area contributed by atoms with Gasteiger partial charge in [0.1, 0.15) is 0 Å². The zero-order valence-corrected chi connectivity index (χ0v) is 11.0. The van der Waals surface area contributed by atoms with Crippen molar-refractivity contribution in [2.24, 2.45) is 5.73 Å². The summed E-state index contributed by atoms with van der Waals surface area (Å²) in [5, 5.41) is 9.23. The van der Waals surface area contributed by atoms with Gasteiger partial charge in [-0.15, -0.1) is 0 Å². The van der Waals surface area contributed by atoms with Crippen LogP contribution in [-0.4, -0.2) is 41.1 Å². The normalized spacial score (nSPS) is 16.3. The average molecular weight is 260 g/mol. The number of nitriles is 1. The van der Waals surface area contributed by atoms with Gasteiger partial charge >= 0.3 is 0 Å². The van der Waals surface area contributed by atoms with Crippen LogP contribution in [0, 0.1) is 11.3 Å². The van der Waals surface area contributed by atoms with Crippen molar-refractivity contribution in [2.45, 2.75) is 6.54 Å². The van der Waals surface area contributed by atoms with E-state index in [0.717, 1.165) is 32.7 Å². The van der Waals surface area contributed by atoms with Crippen molar-refractivity contribution in [3.63, 3.8) is 0 Å². The van der Waals surface area contributed by atoms with Crippen molar-refractivity contribution in [2.75, 3.05) is 26.2 Å². The van der Waals surface area contributed by atoms with Crippen LogP contribution in [0.1, 0.15) is 11.1 Å². The molecule has 1 aliphatic heterocycles. The highest BCUT2D eigenvalue weighted by Gasteiger charge is 2.17. The first-order chi connectivity index (χ1) is 8.69. The lowest BCUT2D eigenvalue weighted by molar-refractivity contribution is 0.176. The van der Waals surface area contributed by atoms with Crippen LogP contribution in [0.4, 0.5) is 0 Å². The molecule has 4 nitrogen and oxygen atoms in total. The molecule has 1 heterocycles. The fraction of sp³-hybridized carbons (Fsp3) is 0.385. The molecule has 0 unspecified atom stereocenters. The molecule has 0 bridgehead atoms. The van der Waals surface area contributed by atoms with E-state index in [4.69, 9.17) is 23.2 Å². The van der Waals surface area contributed by atoms with Crippen LogP contribution in [0.5, 0.6) is 0 Å².